The van der Waals surface area contributed by atoms with Crippen LogP contribution in [0.15, 0.2) is 29.6 Å². The van der Waals surface area contributed by atoms with Gasteiger partial charge in [-0.05, 0) is 24.3 Å². The van der Waals surface area contributed by atoms with E-state index >= 15 is 0 Å². The van der Waals surface area contributed by atoms with Gasteiger partial charge in [-0.3, -0.25) is 19.7 Å². The number of carbonyl (C=O) groups is 3. The summed E-state index contributed by atoms with van der Waals surface area (Å²) in [6, 6.07) is 6.56. The summed E-state index contributed by atoms with van der Waals surface area (Å²) >= 11 is 7.09. The van der Waals surface area contributed by atoms with E-state index in [4.69, 9.17) is 11.6 Å². The highest BCUT2D eigenvalue weighted by Crippen LogP contribution is 2.18. The average molecular weight is 407 g/mol. The fourth-order valence-corrected chi connectivity index (χ4v) is 3.58. The second kappa shape index (κ2) is 8.49. The normalized spacial score (nSPS) is 14.1. The standard InChI is InChI=1S/C18H19ClN4O3S/c1-12(24)22-6-8-23(9-7-22)16(25)10-15-11-27-18(20-15)21-17(26)13-2-4-14(19)5-3-13/h2-5,11H,6-10H2,1H3,(H,20,21,26). The third kappa shape index (κ3) is 5.05. The molecule has 3 rings (SSSR count). The Morgan fingerprint density at radius 1 is 1.11 bits per heavy atom. The van der Waals surface area contributed by atoms with Crippen LogP contribution >= 0.6 is 22.9 Å². The summed E-state index contributed by atoms with van der Waals surface area (Å²) in [5.74, 6) is -0.277. The molecule has 2 aromatic rings. The molecule has 142 valence electrons. The largest absolute Gasteiger partial charge is 0.339 e. The third-order valence-corrected chi connectivity index (χ3v) is 5.35. The van der Waals surface area contributed by atoms with Gasteiger partial charge >= 0.3 is 0 Å². The molecule has 1 aliphatic heterocycles. The average Bonchev–Trinajstić information content (AvgIpc) is 3.09. The predicted molar refractivity (Wildman–Crippen MR) is 104 cm³/mol. The second-order valence-corrected chi connectivity index (χ2v) is 7.46. The molecule has 0 aliphatic carbocycles. The highest BCUT2D eigenvalue weighted by Gasteiger charge is 2.23. The topological polar surface area (TPSA) is 82.6 Å². The van der Waals surface area contributed by atoms with Gasteiger partial charge in [0, 0.05) is 49.1 Å². The minimum atomic E-state index is -0.278. The van der Waals surface area contributed by atoms with Crippen LogP contribution in [0.4, 0.5) is 5.13 Å². The van der Waals surface area contributed by atoms with Crippen LogP contribution in [-0.4, -0.2) is 58.7 Å². The molecule has 0 unspecified atom stereocenters. The van der Waals surface area contributed by atoms with Crippen LogP contribution in [0, 0.1) is 0 Å². The summed E-state index contributed by atoms with van der Waals surface area (Å²) < 4.78 is 0. The summed E-state index contributed by atoms with van der Waals surface area (Å²) in [5.41, 5.74) is 1.10. The van der Waals surface area contributed by atoms with Crippen molar-refractivity contribution in [3.63, 3.8) is 0 Å². The molecule has 1 aliphatic rings. The third-order valence-electron chi connectivity index (χ3n) is 4.29. The molecule has 2 heterocycles. The number of thiazole rings is 1. The van der Waals surface area contributed by atoms with Crippen LogP contribution in [-0.2, 0) is 16.0 Å². The number of piperazine rings is 1. The lowest BCUT2D eigenvalue weighted by molar-refractivity contribution is -0.138. The number of rotatable bonds is 4. The van der Waals surface area contributed by atoms with Gasteiger partial charge in [-0.1, -0.05) is 11.6 Å². The van der Waals surface area contributed by atoms with Gasteiger partial charge in [0.05, 0.1) is 12.1 Å². The van der Waals surface area contributed by atoms with Crippen molar-refractivity contribution < 1.29 is 14.4 Å². The van der Waals surface area contributed by atoms with E-state index < -0.39 is 0 Å². The Morgan fingerprint density at radius 2 is 1.74 bits per heavy atom. The van der Waals surface area contributed by atoms with E-state index in [0.717, 1.165) is 0 Å². The number of benzene rings is 1. The molecule has 1 saturated heterocycles. The molecule has 0 bridgehead atoms. The fourth-order valence-electron chi connectivity index (χ4n) is 2.75. The molecule has 1 N–H and O–H groups in total. The van der Waals surface area contributed by atoms with E-state index in [1.807, 2.05) is 0 Å². The molecule has 27 heavy (non-hydrogen) atoms. The van der Waals surface area contributed by atoms with Gasteiger partial charge in [-0.15, -0.1) is 11.3 Å². The van der Waals surface area contributed by atoms with E-state index in [-0.39, 0.29) is 24.1 Å². The van der Waals surface area contributed by atoms with E-state index in [1.165, 1.54) is 18.3 Å². The molecule has 0 saturated carbocycles. The molecule has 1 aromatic carbocycles. The first-order chi connectivity index (χ1) is 12.9. The Morgan fingerprint density at radius 3 is 2.37 bits per heavy atom. The maximum absolute atomic E-state index is 12.4. The highest BCUT2D eigenvalue weighted by molar-refractivity contribution is 7.14. The summed E-state index contributed by atoms with van der Waals surface area (Å²) in [5, 5.41) is 5.50. The first kappa shape index (κ1) is 19.3. The van der Waals surface area contributed by atoms with Crippen LogP contribution in [0.5, 0.6) is 0 Å². The Labute approximate surface area is 165 Å². The lowest BCUT2D eigenvalue weighted by Crippen LogP contribution is -2.50. The minimum Gasteiger partial charge on any atom is -0.339 e. The molecular weight excluding hydrogens is 388 g/mol. The van der Waals surface area contributed by atoms with Gasteiger partial charge in [0.15, 0.2) is 5.13 Å². The van der Waals surface area contributed by atoms with Crippen molar-refractivity contribution in [2.45, 2.75) is 13.3 Å². The summed E-state index contributed by atoms with van der Waals surface area (Å²) in [6.45, 7) is 3.71. The number of nitrogens with one attached hydrogen (secondary N) is 1. The van der Waals surface area contributed by atoms with E-state index in [9.17, 15) is 14.4 Å². The van der Waals surface area contributed by atoms with Crippen molar-refractivity contribution in [3.05, 3.63) is 45.9 Å². The molecule has 1 aromatic heterocycles. The van der Waals surface area contributed by atoms with Gasteiger partial charge in [0.1, 0.15) is 0 Å². The second-order valence-electron chi connectivity index (χ2n) is 6.17. The van der Waals surface area contributed by atoms with Crippen molar-refractivity contribution in [1.29, 1.82) is 0 Å². The maximum atomic E-state index is 12.4. The van der Waals surface area contributed by atoms with E-state index in [1.54, 1.807) is 39.4 Å². The zero-order valence-electron chi connectivity index (χ0n) is 14.8. The Bertz CT molecular complexity index is 845. The minimum absolute atomic E-state index is 0.0286. The molecular formula is C18H19ClN4O3S. The first-order valence-corrected chi connectivity index (χ1v) is 9.73. The molecule has 0 radical (unpaired) electrons. The Kier molecular flexibility index (Phi) is 6.08. The van der Waals surface area contributed by atoms with Crippen LogP contribution in [0.1, 0.15) is 23.0 Å². The van der Waals surface area contributed by atoms with Gasteiger partial charge in [0.2, 0.25) is 11.8 Å². The molecule has 7 nitrogen and oxygen atoms in total. The van der Waals surface area contributed by atoms with Crippen molar-refractivity contribution in [2.75, 3.05) is 31.5 Å². The summed E-state index contributed by atoms with van der Waals surface area (Å²) in [6.07, 6.45) is 0.174. The number of halogens is 1. The smallest absolute Gasteiger partial charge is 0.257 e. The molecule has 3 amide bonds. The fraction of sp³-hybridized carbons (Fsp3) is 0.333. The van der Waals surface area contributed by atoms with Crippen LogP contribution < -0.4 is 5.32 Å². The van der Waals surface area contributed by atoms with Gasteiger partial charge in [-0.25, -0.2) is 4.98 Å². The number of hydrogen-bond acceptors (Lipinski definition) is 5. The summed E-state index contributed by atoms with van der Waals surface area (Å²) in [4.78, 5) is 43.8. The number of anilines is 1. The molecule has 0 spiro atoms. The van der Waals surface area contributed by atoms with Gasteiger partial charge in [0.25, 0.3) is 5.91 Å². The summed E-state index contributed by atoms with van der Waals surface area (Å²) in [7, 11) is 0. The van der Waals surface area contributed by atoms with Gasteiger partial charge < -0.3 is 9.80 Å². The zero-order chi connectivity index (χ0) is 19.4. The predicted octanol–water partition coefficient (Wildman–Crippen LogP) is 2.28. The lowest BCUT2D eigenvalue weighted by atomic mass is 10.2. The number of carbonyl (C=O) groups excluding carboxylic acids is 3. The van der Waals surface area contributed by atoms with E-state index in [0.29, 0.717) is 47.6 Å². The van der Waals surface area contributed by atoms with Crippen molar-refractivity contribution in [1.82, 2.24) is 14.8 Å². The molecule has 0 atom stereocenters. The van der Waals surface area contributed by atoms with Gasteiger partial charge in [-0.2, -0.15) is 0 Å². The van der Waals surface area contributed by atoms with Crippen molar-refractivity contribution >= 4 is 45.8 Å². The number of amides is 3. The Balaban J connectivity index is 1.53. The lowest BCUT2D eigenvalue weighted by Gasteiger charge is -2.34. The maximum Gasteiger partial charge on any atom is 0.257 e. The first-order valence-electron chi connectivity index (χ1n) is 8.47. The zero-order valence-corrected chi connectivity index (χ0v) is 16.3. The Hall–Kier alpha value is -2.45. The highest BCUT2D eigenvalue weighted by atomic mass is 35.5. The van der Waals surface area contributed by atoms with Crippen LogP contribution in [0.2, 0.25) is 5.02 Å². The van der Waals surface area contributed by atoms with E-state index in [2.05, 4.69) is 10.3 Å². The molecule has 9 heteroatoms. The monoisotopic (exact) mass is 406 g/mol. The van der Waals surface area contributed by atoms with Crippen LogP contribution in [0.3, 0.4) is 0 Å². The van der Waals surface area contributed by atoms with Crippen molar-refractivity contribution in [3.8, 4) is 0 Å². The van der Waals surface area contributed by atoms with Crippen LogP contribution in [0.25, 0.3) is 0 Å². The number of hydrogen-bond donors (Lipinski definition) is 1. The quantitative estimate of drug-likeness (QED) is 0.844. The van der Waals surface area contributed by atoms with Crippen molar-refractivity contribution in [2.24, 2.45) is 0 Å². The number of aromatic nitrogens is 1. The SMILES string of the molecule is CC(=O)N1CCN(C(=O)Cc2csc(NC(=O)c3ccc(Cl)cc3)n2)CC1. The number of nitrogens with zero attached hydrogens (tertiary/aromatic N) is 3. The molecule has 1 fully saturated rings.